The van der Waals surface area contributed by atoms with E-state index in [0.29, 0.717) is 27.9 Å². The lowest BCUT2D eigenvalue weighted by molar-refractivity contribution is 0.102. The lowest BCUT2D eigenvalue weighted by atomic mass is 10.1. The summed E-state index contributed by atoms with van der Waals surface area (Å²) in [5.74, 6) is 1.14. The molecule has 10 heteroatoms. The molecule has 2 aromatic carbocycles. The maximum atomic E-state index is 12.6. The van der Waals surface area contributed by atoms with E-state index in [-0.39, 0.29) is 10.8 Å². The van der Waals surface area contributed by atoms with Crippen LogP contribution >= 0.6 is 23.1 Å². The van der Waals surface area contributed by atoms with Gasteiger partial charge in [0.05, 0.1) is 10.6 Å². The third kappa shape index (κ3) is 6.28. The number of carbonyl (C=O) groups is 1. The topological polar surface area (TPSA) is 101 Å². The Morgan fingerprint density at radius 1 is 1.10 bits per heavy atom. The first-order chi connectivity index (χ1) is 14.6. The van der Waals surface area contributed by atoms with Gasteiger partial charge in [-0.15, -0.1) is 10.2 Å². The van der Waals surface area contributed by atoms with E-state index in [1.54, 1.807) is 61.2 Å². The van der Waals surface area contributed by atoms with Gasteiger partial charge >= 0.3 is 0 Å². The molecule has 0 bridgehead atoms. The molecule has 164 valence electrons. The van der Waals surface area contributed by atoms with E-state index in [2.05, 4.69) is 34.1 Å². The zero-order valence-corrected chi connectivity index (χ0v) is 20.1. The molecule has 1 heterocycles. The Hall–Kier alpha value is -2.43. The molecule has 1 aromatic heterocycles. The Morgan fingerprint density at radius 2 is 1.81 bits per heavy atom. The summed E-state index contributed by atoms with van der Waals surface area (Å²) in [5, 5.41) is 11.3. The quantitative estimate of drug-likeness (QED) is 0.352. The Bertz CT molecular complexity index is 1170. The van der Waals surface area contributed by atoms with E-state index in [1.165, 1.54) is 11.3 Å². The second-order valence-corrected chi connectivity index (χ2v) is 11.4. The Morgan fingerprint density at radius 3 is 2.45 bits per heavy atom. The Labute approximate surface area is 190 Å². The van der Waals surface area contributed by atoms with Crippen molar-refractivity contribution in [2.24, 2.45) is 5.92 Å². The van der Waals surface area contributed by atoms with Gasteiger partial charge in [0.2, 0.25) is 5.13 Å². The van der Waals surface area contributed by atoms with Crippen molar-refractivity contribution in [3.8, 4) is 0 Å². The van der Waals surface area contributed by atoms with Crippen LogP contribution in [0.1, 0.15) is 35.3 Å². The van der Waals surface area contributed by atoms with Gasteiger partial charge in [-0.05, 0) is 55.7 Å². The van der Waals surface area contributed by atoms with Gasteiger partial charge in [-0.3, -0.25) is 14.8 Å². The van der Waals surface area contributed by atoms with Gasteiger partial charge in [-0.1, -0.05) is 54.6 Å². The molecule has 0 spiro atoms. The third-order valence-corrected chi connectivity index (χ3v) is 8.01. The molecule has 3 aromatic rings. The predicted octanol–water partition coefficient (Wildman–Crippen LogP) is 4.96. The summed E-state index contributed by atoms with van der Waals surface area (Å²) in [6.07, 6.45) is 0. The predicted molar refractivity (Wildman–Crippen MR) is 127 cm³/mol. The minimum Gasteiger partial charge on any atom is -0.296 e. The monoisotopic (exact) mass is 476 g/mol. The van der Waals surface area contributed by atoms with Crippen LogP contribution in [0.2, 0.25) is 0 Å². The second kappa shape index (κ2) is 9.80. The molecule has 0 atom stereocenters. The van der Waals surface area contributed by atoms with Gasteiger partial charge in [0.15, 0.2) is 4.34 Å². The fraction of sp³-hybridized carbons (Fsp3) is 0.286. The summed E-state index contributed by atoms with van der Waals surface area (Å²) >= 11 is 2.94. The van der Waals surface area contributed by atoms with Crippen LogP contribution in [0.25, 0.3) is 0 Å². The lowest BCUT2D eigenvalue weighted by Gasteiger charge is -2.12. The maximum absolute atomic E-state index is 12.6. The number of aryl methyl sites for hydroxylation is 2. The smallest absolute Gasteiger partial charge is 0.261 e. The van der Waals surface area contributed by atoms with Gasteiger partial charge in [-0.2, -0.15) is 0 Å². The molecular formula is C21H24N4O3S3. The average Bonchev–Trinajstić information content (AvgIpc) is 3.15. The molecule has 2 N–H and O–H groups in total. The molecule has 0 unspecified atom stereocenters. The van der Waals surface area contributed by atoms with Crippen molar-refractivity contribution < 1.29 is 13.2 Å². The number of amides is 1. The molecule has 0 aliphatic carbocycles. The molecule has 31 heavy (non-hydrogen) atoms. The van der Waals surface area contributed by atoms with Gasteiger partial charge in [-0.25, -0.2) is 8.42 Å². The lowest BCUT2D eigenvalue weighted by Crippen LogP contribution is -2.15. The van der Waals surface area contributed by atoms with Gasteiger partial charge in [0.1, 0.15) is 0 Å². The Kier molecular flexibility index (Phi) is 7.34. The summed E-state index contributed by atoms with van der Waals surface area (Å²) in [6, 6.07) is 11.4. The van der Waals surface area contributed by atoms with Gasteiger partial charge < -0.3 is 0 Å². The zero-order chi connectivity index (χ0) is 22.6. The summed E-state index contributed by atoms with van der Waals surface area (Å²) in [7, 11) is -3.71. The highest BCUT2D eigenvalue weighted by Gasteiger charge is 2.17. The SMILES string of the molecule is Cc1ccc(S(=O)(=O)Nc2ccc(C(=O)Nc3nnc(SCC(C)C)s3)cc2C)cc1. The highest BCUT2D eigenvalue weighted by Crippen LogP contribution is 2.27. The number of thioether (sulfide) groups is 1. The minimum atomic E-state index is -3.71. The van der Waals surface area contributed by atoms with Crippen molar-refractivity contribution in [2.75, 3.05) is 15.8 Å². The fourth-order valence-electron chi connectivity index (χ4n) is 2.57. The number of hydrogen-bond acceptors (Lipinski definition) is 7. The van der Waals surface area contributed by atoms with E-state index in [0.717, 1.165) is 15.7 Å². The molecule has 3 rings (SSSR count). The molecule has 0 radical (unpaired) electrons. The van der Waals surface area contributed by atoms with Crippen LogP contribution in [0, 0.1) is 19.8 Å². The van der Waals surface area contributed by atoms with E-state index in [4.69, 9.17) is 0 Å². The van der Waals surface area contributed by atoms with Crippen molar-refractivity contribution >= 4 is 49.8 Å². The summed E-state index contributed by atoms with van der Waals surface area (Å²) in [4.78, 5) is 12.8. The highest BCUT2D eigenvalue weighted by atomic mass is 32.2. The van der Waals surface area contributed by atoms with Crippen LogP contribution in [0.3, 0.4) is 0 Å². The van der Waals surface area contributed by atoms with Crippen LogP contribution in [-0.4, -0.2) is 30.3 Å². The summed E-state index contributed by atoms with van der Waals surface area (Å²) in [6.45, 7) is 7.90. The highest BCUT2D eigenvalue weighted by molar-refractivity contribution is 8.01. The molecule has 0 saturated heterocycles. The zero-order valence-electron chi connectivity index (χ0n) is 17.7. The fourth-order valence-corrected chi connectivity index (χ4v) is 5.42. The van der Waals surface area contributed by atoms with Crippen LogP contribution in [0.4, 0.5) is 10.8 Å². The second-order valence-electron chi connectivity index (χ2n) is 7.48. The van der Waals surface area contributed by atoms with Crippen molar-refractivity contribution in [3.05, 3.63) is 59.2 Å². The third-order valence-electron chi connectivity index (χ3n) is 4.23. The molecule has 0 aliphatic heterocycles. The first-order valence-corrected chi connectivity index (χ1v) is 12.9. The molecule has 0 aliphatic rings. The molecule has 7 nitrogen and oxygen atoms in total. The number of hydrogen-bond donors (Lipinski definition) is 2. The Balaban J connectivity index is 1.68. The first kappa shape index (κ1) is 23.2. The van der Waals surface area contributed by atoms with Crippen LogP contribution in [0.15, 0.2) is 51.7 Å². The van der Waals surface area contributed by atoms with Crippen molar-refractivity contribution in [2.45, 2.75) is 36.9 Å². The number of rotatable bonds is 8. The molecule has 0 saturated carbocycles. The number of anilines is 2. The average molecular weight is 477 g/mol. The number of sulfonamides is 1. The van der Waals surface area contributed by atoms with Crippen molar-refractivity contribution in [1.82, 2.24) is 10.2 Å². The van der Waals surface area contributed by atoms with E-state index < -0.39 is 10.0 Å². The number of carbonyl (C=O) groups excluding carboxylic acids is 1. The summed E-state index contributed by atoms with van der Waals surface area (Å²) in [5.41, 5.74) is 2.43. The normalized spacial score (nSPS) is 11.5. The van der Waals surface area contributed by atoms with Crippen LogP contribution in [0.5, 0.6) is 0 Å². The maximum Gasteiger partial charge on any atom is 0.261 e. The summed E-state index contributed by atoms with van der Waals surface area (Å²) < 4.78 is 28.6. The molecule has 0 fully saturated rings. The number of nitrogens with zero attached hydrogens (tertiary/aromatic N) is 2. The van der Waals surface area contributed by atoms with Crippen molar-refractivity contribution in [1.29, 1.82) is 0 Å². The minimum absolute atomic E-state index is 0.182. The first-order valence-electron chi connectivity index (χ1n) is 9.62. The molecule has 1 amide bonds. The van der Waals surface area contributed by atoms with E-state index >= 15 is 0 Å². The molecular weight excluding hydrogens is 452 g/mol. The standard InChI is InChI=1S/C21H24N4O3S3/c1-13(2)12-29-21-24-23-20(30-21)22-19(26)16-7-10-18(15(4)11-16)25-31(27,28)17-8-5-14(3)6-9-17/h5-11,13,25H,12H2,1-4H3,(H,22,23,26). The van der Waals surface area contributed by atoms with Crippen molar-refractivity contribution in [3.63, 3.8) is 0 Å². The van der Waals surface area contributed by atoms with Crippen LogP contribution < -0.4 is 10.0 Å². The number of nitrogens with one attached hydrogen (secondary N) is 2. The van der Waals surface area contributed by atoms with E-state index in [9.17, 15) is 13.2 Å². The van der Waals surface area contributed by atoms with E-state index in [1.807, 2.05) is 6.92 Å². The largest absolute Gasteiger partial charge is 0.296 e. The number of aromatic nitrogens is 2. The van der Waals surface area contributed by atoms with Crippen LogP contribution in [-0.2, 0) is 10.0 Å². The van der Waals surface area contributed by atoms with Gasteiger partial charge in [0.25, 0.3) is 15.9 Å². The number of benzene rings is 2. The van der Waals surface area contributed by atoms with Gasteiger partial charge in [0, 0.05) is 11.3 Å².